The van der Waals surface area contributed by atoms with Crippen molar-refractivity contribution in [3.05, 3.63) is 35.4 Å². The number of rotatable bonds is 4. The summed E-state index contributed by atoms with van der Waals surface area (Å²) in [6, 6.07) is 8.25. The van der Waals surface area contributed by atoms with Gasteiger partial charge in [0.1, 0.15) is 0 Å². The number of hydrogen-bond donors (Lipinski definition) is 2. The first-order valence-corrected chi connectivity index (χ1v) is 6.45. The van der Waals surface area contributed by atoms with Crippen LogP contribution >= 0.6 is 0 Å². The molecule has 2 atom stereocenters. The van der Waals surface area contributed by atoms with E-state index in [2.05, 4.69) is 36.1 Å². The van der Waals surface area contributed by atoms with Crippen LogP contribution in [0.4, 0.5) is 0 Å². The van der Waals surface area contributed by atoms with Gasteiger partial charge in [-0.25, -0.2) is 0 Å². The first kappa shape index (κ1) is 13.1. The molecule has 0 radical (unpaired) electrons. The molecule has 1 saturated heterocycles. The predicted octanol–water partition coefficient (Wildman–Crippen LogP) is 0.945. The molecule has 1 heterocycles. The zero-order chi connectivity index (χ0) is 13.1. The molecule has 1 fully saturated rings. The van der Waals surface area contributed by atoms with Crippen molar-refractivity contribution in [3.8, 4) is 0 Å². The molecular formula is C14H21N3O. The maximum absolute atomic E-state index is 11.5. The van der Waals surface area contributed by atoms with Crippen LogP contribution in [0.2, 0.25) is 0 Å². The van der Waals surface area contributed by atoms with Crippen LogP contribution < -0.4 is 11.5 Å². The number of nitrogens with zero attached hydrogens (tertiary/aromatic N) is 1. The third kappa shape index (κ3) is 2.54. The van der Waals surface area contributed by atoms with E-state index >= 15 is 0 Å². The van der Waals surface area contributed by atoms with Crippen molar-refractivity contribution in [2.75, 3.05) is 13.1 Å². The van der Waals surface area contributed by atoms with Gasteiger partial charge in [-0.05, 0) is 31.9 Å². The van der Waals surface area contributed by atoms with Crippen LogP contribution in [0, 0.1) is 6.92 Å². The van der Waals surface area contributed by atoms with Crippen LogP contribution in [0.25, 0.3) is 0 Å². The van der Waals surface area contributed by atoms with E-state index in [1.54, 1.807) is 0 Å². The van der Waals surface area contributed by atoms with E-state index in [1.165, 1.54) is 5.56 Å². The molecule has 98 valence electrons. The second-order valence-electron chi connectivity index (χ2n) is 4.96. The lowest BCUT2D eigenvalue weighted by Crippen LogP contribution is -2.44. The Morgan fingerprint density at radius 3 is 2.67 bits per heavy atom. The second-order valence-corrected chi connectivity index (χ2v) is 4.96. The normalized spacial score (nSPS) is 22.0. The predicted molar refractivity (Wildman–Crippen MR) is 71.9 cm³/mol. The van der Waals surface area contributed by atoms with Crippen LogP contribution in [0.15, 0.2) is 24.3 Å². The zero-order valence-electron chi connectivity index (χ0n) is 10.8. The summed E-state index contributed by atoms with van der Waals surface area (Å²) in [5, 5.41) is 0. The fraction of sp³-hybridized carbons (Fsp3) is 0.500. The van der Waals surface area contributed by atoms with Crippen LogP contribution in [0.3, 0.4) is 0 Å². The lowest BCUT2D eigenvalue weighted by atomic mass is 10.0. The molecule has 1 aliphatic rings. The monoisotopic (exact) mass is 247 g/mol. The average molecular weight is 247 g/mol. The van der Waals surface area contributed by atoms with E-state index in [-0.39, 0.29) is 18.0 Å². The maximum Gasteiger partial charge on any atom is 0.234 e. The molecule has 4 heteroatoms. The number of aryl methyl sites for hydroxylation is 1. The van der Waals surface area contributed by atoms with Gasteiger partial charge in [-0.1, -0.05) is 29.8 Å². The molecule has 0 bridgehead atoms. The lowest BCUT2D eigenvalue weighted by Gasteiger charge is -2.31. The molecule has 0 spiro atoms. The van der Waals surface area contributed by atoms with Gasteiger partial charge >= 0.3 is 0 Å². The van der Waals surface area contributed by atoms with E-state index < -0.39 is 0 Å². The van der Waals surface area contributed by atoms with E-state index in [1.807, 2.05) is 0 Å². The van der Waals surface area contributed by atoms with Crippen molar-refractivity contribution in [1.82, 2.24) is 4.90 Å². The highest BCUT2D eigenvalue weighted by Gasteiger charge is 2.34. The highest BCUT2D eigenvalue weighted by Crippen LogP contribution is 2.28. The van der Waals surface area contributed by atoms with Crippen LogP contribution in [-0.4, -0.2) is 29.9 Å². The Morgan fingerprint density at radius 1 is 1.44 bits per heavy atom. The van der Waals surface area contributed by atoms with Gasteiger partial charge in [0.15, 0.2) is 0 Å². The van der Waals surface area contributed by atoms with E-state index in [4.69, 9.17) is 11.5 Å². The van der Waals surface area contributed by atoms with E-state index in [9.17, 15) is 4.79 Å². The molecule has 0 saturated carbocycles. The lowest BCUT2D eigenvalue weighted by molar-refractivity contribution is -0.122. The summed E-state index contributed by atoms with van der Waals surface area (Å²) < 4.78 is 0. The third-order valence-corrected chi connectivity index (χ3v) is 3.71. The number of amides is 1. The standard InChI is InChI=1S/C14H21N3O/c1-10-4-6-11(7-5-10)13(9-15)17-8-2-3-12(17)14(16)18/h4-7,12-13H,2-3,8-9,15H2,1H3,(H2,16,18). The smallest absolute Gasteiger partial charge is 0.234 e. The first-order chi connectivity index (χ1) is 8.63. The average Bonchev–Trinajstić information content (AvgIpc) is 2.82. The SMILES string of the molecule is Cc1ccc(C(CN)N2CCCC2C(N)=O)cc1. The highest BCUT2D eigenvalue weighted by atomic mass is 16.1. The van der Waals surface area contributed by atoms with Gasteiger partial charge in [-0.3, -0.25) is 9.69 Å². The topological polar surface area (TPSA) is 72.3 Å². The van der Waals surface area contributed by atoms with Crippen molar-refractivity contribution in [1.29, 1.82) is 0 Å². The molecular weight excluding hydrogens is 226 g/mol. The number of hydrogen-bond acceptors (Lipinski definition) is 3. The van der Waals surface area contributed by atoms with Gasteiger partial charge in [-0.2, -0.15) is 0 Å². The molecule has 1 aromatic carbocycles. The number of carbonyl (C=O) groups is 1. The maximum atomic E-state index is 11.5. The van der Waals surface area contributed by atoms with Gasteiger partial charge in [0.05, 0.1) is 6.04 Å². The highest BCUT2D eigenvalue weighted by molar-refractivity contribution is 5.80. The molecule has 0 aliphatic carbocycles. The van der Waals surface area contributed by atoms with Gasteiger partial charge < -0.3 is 11.5 Å². The first-order valence-electron chi connectivity index (χ1n) is 6.45. The largest absolute Gasteiger partial charge is 0.368 e. The molecule has 2 rings (SSSR count). The van der Waals surface area contributed by atoms with Gasteiger partial charge in [0.25, 0.3) is 0 Å². The Labute approximate surface area is 108 Å². The van der Waals surface area contributed by atoms with Crippen LogP contribution in [0.5, 0.6) is 0 Å². The zero-order valence-corrected chi connectivity index (χ0v) is 10.8. The molecule has 0 aromatic heterocycles. The van der Waals surface area contributed by atoms with Gasteiger partial charge in [-0.15, -0.1) is 0 Å². The summed E-state index contributed by atoms with van der Waals surface area (Å²) in [4.78, 5) is 13.6. The van der Waals surface area contributed by atoms with Crippen molar-refractivity contribution in [2.24, 2.45) is 11.5 Å². The summed E-state index contributed by atoms with van der Waals surface area (Å²) in [7, 11) is 0. The fourth-order valence-electron chi connectivity index (χ4n) is 2.72. The van der Waals surface area contributed by atoms with Crippen molar-refractivity contribution in [3.63, 3.8) is 0 Å². The summed E-state index contributed by atoms with van der Waals surface area (Å²) in [5.41, 5.74) is 13.7. The number of benzene rings is 1. The molecule has 1 amide bonds. The Balaban J connectivity index is 2.22. The molecule has 1 aromatic rings. The summed E-state index contributed by atoms with van der Waals surface area (Å²) in [6.07, 6.45) is 1.85. The molecule has 4 N–H and O–H groups in total. The molecule has 1 aliphatic heterocycles. The Bertz CT molecular complexity index is 416. The van der Waals surface area contributed by atoms with Crippen LogP contribution in [0.1, 0.15) is 30.0 Å². The minimum atomic E-state index is -0.238. The summed E-state index contributed by atoms with van der Waals surface area (Å²) in [6.45, 7) is 3.46. The number of carbonyl (C=O) groups excluding carboxylic acids is 1. The molecule has 2 unspecified atom stereocenters. The molecule has 4 nitrogen and oxygen atoms in total. The van der Waals surface area contributed by atoms with Crippen molar-refractivity contribution in [2.45, 2.75) is 31.8 Å². The summed E-state index contributed by atoms with van der Waals surface area (Å²) in [5.74, 6) is -0.238. The minimum Gasteiger partial charge on any atom is -0.368 e. The van der Waals surface area contributed by atoms with Crippen LogP contribution in [-0.2, 0) is 4.79 Å². The number of primary amides is 1. The quantitative estimate of drug-likeness (QED) is 0.832. The van der Waals surface area contributed by atoms with Gasteiger partial charge in [0.2, 0.25) is 5.91 Å². The third-order valence-electron chi connectivity index (χ3n) is 3.71. The number of likely N-dealkylation sites (tertiary alicyclic amines) is 1. The Morgan fingerprint density at radius 2 is 2.11 bits per heavy atom. The molecule has 18 heavy (non-hydrogen) atoms. The summed E-state index contributed by atoms with van der Waals surface area (Å²) >= 11 is 0. The van der Waals surface area contributed by atoms with E-state index in [0.717, 1.165) is 24.9 Å². The Hall–Kier alpha value is -1.39. The van der Waals surface area contributed by atoms with Crippen molar-refractivity contribution < 1.29 is 4.79 Å². The second kappa shape index (κ2) is 5.50. The Kier molecular flexibility index (Phi) is 3.99. The minimum absolute atomic E-state index is 0.0885. The van der Waals surface area contributed by atoms with Gasteiger partial charge in [0, 0.05) is 12.6 Å². The van der Waals surface area contributed by atoms with E-state index in [0.29, 0.717) is 6.54 Å². The van der Waals surface area contributed by atoms with Crippen molar-refractivity contribution >= 4 is 5.91 Å². The number of nitrogens with two attached hydrogens (primary N) is 2. The fourth-order valence-corrected chi connectivity index (χ4v) is 2.72.